The van der Waals surface area contributed by atoms with E-state index >= 15 is 0 Å². The molecule has 6 heteroatoms. The first kappa shape index (κ1) is 13.0. The van der Waals surface area contributed by atoms with Crippen LogP contribution in [0.5, 0.6) is 0 Å². The van der Waals surface area contributed by atoms with Gasteiger partial charge in [0, 0.05) is 43.4 Å². The maximum atomic E-state index is 10.6. The molecule has 0 unspecified atom stereocenters. The molecule has 1 heterocycles. The highest BCUT2D eigenvalue weighted by Crippen LogP contribution is 2.00. The van der Waals surface area contributed by atoms with Gasteiger partial charge in [-0.15, -0.1) is 0 Å². The highest BCUT2D eigenvalue weighted by Gasteiger charge is 2.11. The van der Waals surface area contributed by atoms with Gasteiger partial charge in [-0.05, 0) is 7.05 Å². The predicted octanol–water partition coefficient (Wildman–Crippen LogP) is 0.359. The Morgan fingerprint density at radius 3 is 2.33 bits per heavy atom. The molecule has 0 bridgehead atoms. The average Bonchev–Trinajstić information content (AvgIpc) is 2.14. The zero-order chi connectivity index (χ0) is 11.3. The van der Waals surface area contributed by atoms with Crippen LogP contribution in [-0.4, -0.2) is 63.7 Å². The van der Waals surface area contributed by atoms with Gasteiger partial charge in [-0.25, -0.2) is 8.42 Å². The van der Waals surface area contributed by atoms with Gasteiger partial charge in [-0.1, -0.05) is 12.2 Å². The molecule has 1 fully saturated rings. The molecule has 1 saturated heterocycles. The second kappa shape index (κ2) is 5.84. The summed E-state index contributed by atoms with van der Waals surface area (Å²) < 4.78 is 21.2. The summed E-state index contributed by atoms with van der Waals surface area (Å²) >= 11 is 0. The number of hydrogen-bond acceptors (Lipinski definition) is 4. The van der Waals surface area contributed by atoms with Crippen molar-refractivity contribution in [2.45, 2.75) is 0 Å². The van der Waals surface area contributed by atoms with E-state index in [1.807, 2.05) is 6.08 Å². The van der Waals surface area contributed by atoms with E-state index in [0.717, 1.165) is 32.7 Å². The van der Waals surface area contributed by atoms with Crippen LogP contribution in [0, 0.1) is 0 Å². The molecule has 1 rings (SSSR count). The monoisotopic (exact) mass is 252 g/mol. The molecule has 1 aliphatic heterocycles. The molecule has 0 aliphatic carbocycles. The Balaban J connectivity index is 2.20. The second-order valence-electron chi connectivity index (χ2n) is 3.78. The molecule has 0 N–H and O–H groups in total. The summed E-state index contributed by atoms with van der Waals surface area (Å²) in [7, 11) is 3.80. The van der Waals surface area contributed by atoms with Crippen molar-refractivity contribution >= 4 is 19.7 Å². The maximum Gasteiger partial charge on any atom is 0.236 e. The number of hydrogen-bond donors (Lipinski definition) is 0. The molecule has 88 valence electrons. The zero-order valence-electron chi connectivity index (χ0n) is 8.89. The van der Waals surface area contributed by atoms with Gasteiger partial charge in [0.2, 0.25) is 9.05 Å². The molecule has 4 nitrogen and oxygen atoms in total. The highest BCUT2D eigenvalue weighted by molar-refractivity contribution is 8.13. The topological polar surface area (TPSA) is 40.6 Å². The summed E-state index contributed by atoms with van der Waals surface area (Å²) in [5, 5.41) is 0. The SMILES string of the molecule is CN1CCN(C/C=C\CS(=O)(=O)Cl)CC1. The number of rotatable bonds is 4. The van der Waals surface area contributed by atoms with E-state index in [4.69, 9.17) is 10.7 Å². The standard InChI is InChI=1S/C9H17ClN2O2S/c1-11-5-7-12(8-6-11)4-2-3-9-15(10,13)14/h2-3H,4-9H2,1H3/b3-2-. The van der Waals surface area contributed by atoms with Gasteiger partial charge < -0.3 is 4.90 Å². The van der Waals surface area contributed by atoms with Gasteiger partial charge >= 0.3 is 0 Å². The van der Waals surface area contributed by atoms with E-state index in [9.17, 15) is 8.42 Å². The molecule has 0 amide bonds. The molecule has 15 heavy (non-hydrogen) atoms. The fraction of sp³-hybridized carbons (Fsp3) is 0.778. The normalized spacial score (nSPS) is 21.2. The maximum absolute atomic E-state index is 10.6. The van der Waals surface area contributed by atoms with Crippen molar-refractivity contribution in [3.63, 3.8) is 0 Å². The Kier molecular flexibility index (Phi) is 5.05. The molecule has 0 radical (unpaired) electrons. The minimum atomic E-state index is -3.38. The van der Waals surface area contributed by atoms with Crippen molar-refractivity contribution in [3.8, 4) is 0 Å². The van der Waals surface area contributed by atoms with Gasteiger partial charge in [0.15, 0.2) is 0 Å². The average molecular weight is 253 g/mol. The number of nitrogens with zero attached hydrogens (tertiary/aromatic N) is 2. The lowest BCUT2D eigenvalue weighted by Gasteiger charge is -2.31. The minimum absolute atomic E-state index is 0.0811. The first-order valence-electron chi connectivity index (χ1n) is 4.95. The van der Waals surface area contributed by atoms with Crippen molar-refractivity contribution < 1.29 is 8.42 Å². The Morgan fingerprint density at radius 2 is 1.80 bits per heavy atom. The quantitative estimate of drug-likeness (QED) is 0.535. The summed E-state index contributed by atoms with van der Waals surface area (Å²) in [5.41, 5.74) is 0. The summed E-state index contributed by atoms with van der Waals surface area (Å²) in [6.45, 7) is 5.02. The lowest BCUT2D eigenvalue weighted by Crippen LogP contribution is -2.44. The van der Waals surface area contributed by atoms with Crippen LogP contribution in [0.3, 0.4) is 0 Å². The van der Waals surface area contributed by atoms with E-state index in [-0.39, 0.29) is 5.75 Å². The molecule has 0 spiro atoms. The first-order valence-corrected chi connectivity index (χ1v) is 7.43. The highest BCUT2D eigenvalue weighted by atomic mass is 35.7. The van der Waals surface area contributed by atoms with Gasteiger partial charge in [-0.2, -0.15) is 0 Å². The number of likely N-dealkylation sites (N-methyl/N-ethyl adjacent to an activating group) is 1. The van der Waals surface area contributed by atoms with Crippen LogP contribution in [0.2, 0.25) is 0 Å². The van der Waals surface area contributed by atoms with Crippen LogP contribution in [0.4, 0.5) is 0 Å². The van der Waals surface area contributed by atoms with Gasteiger partial charge in [0.1, 0.15) is 0 Å². The molecule has 1 aliphatic rings. The van der Waals surface area contributed by atoms with Crippen molar-refractivity contribution in [2.75, 3.05) is 45.5 Å². The van der Waals surface area contributed by atoms with E-state index in [0.29, 0.717) is 0 Å². The molecule has 0 aromatic heterocycles. The lowest BCUT2D eigenvalue weighted by atomic mass is 10.3. The number of piperazine rings is 1. The third-order valence-electron chi connectivity index (χ3n) is 2.42. The summed E-state index contributed by atoms with van der Waals surface area (Å²) in [4.78, 5) is 4.57. The first-order chi connectivity index (χ1) is 6.97. The number of halogens is 1. The second-order valence-corrected chi connectivity index (χ2v) is 6.60. The van der Waals surface area contributed by atoms with Crippen LogP contribution >= 0.6 is 10.7 Å². The van der Waals surface area contributed by atoms with Crippen LogP contribution < -0.4 is 0 Å². The minimum Gasteiger partial charge on any atom is -0.304 e. The Morgan fingerprint density at radius 1 is 1.20 bits per heavy atom. The lowest BCUT2D eigenvalue weighted by molar-refractivity contribution is 0.166. The Labute approximate surface area is 95.9 Å². The summed E-state index contributed by atoms with van der Waals surface area (Å²) in [5.74, 6) is -0.0811. The Bertz CT molecular complexity index is 308. The van der Waals surface area contributed by atoms with Crippen LogP contribution in [0.25, 0.3) is 0 Å². The third-order valence-corrected chi connectivity index (χ3v) is 3.39. The van der Waals surface area contributed by atoms with Crippen LogP contribution in [0.15, 0.2) is 12.2 Å². The molecular weight excluding hydrogens is 236 g/mol. The molecule has 0 atom stereocenters. The van der Waals surface area contributed by atoms with E-state index < -0.39 is 9.05 Å². The van der Waals surface area contributed by atoms with Crippen LogP contribution in [0.1, 0.15) is 0 Å². The fourth-order valence-electron chi connectivity index (χ4n) is 1.44. The predicted molar refractivity (Wildman–Crippen MR) is 62.7 cm³/mol. The molecule has 0 aromatic rings. The van der Waals surface area contributed by atoms with Gasteiger partial charge in [0.25, 0.3) is 0 Å². The zero-order valence-corrected chi connectivity index (χ0v) is 10.5. The van der Waals surface area contributed by atoms with Crippen molar-refractivity contribution in [1.82, 2.24) is 9.80 Å². The van der Waals surface area contributed by atoms with E-state index in [1.165, 1.54) is 0 Å². The van der Waals surface area contributed by atoms with Crippen molar-refractivity contribution in [2.24, 2.45) is 0 Å². The smallest absolute Gasteiger partial charge is 0.236 e. The van der Waals surface area contributed by atoms with Gasteiger partial charge in [0.05, 0.1) is 5.75 Å². The van der Waals surface area contributed by atoms with E-state index in [1.54, 1.807) is 6.08 Å². The van der Waals surface area contributed by atoms with Crippen LogP contribution in [-0.2, 0) is 9.05 Å². The molecular formula is C9H17ClN2O2S. The summed E-state index contributed by atoms with van der Waals surface area (Å²) in [6, 6.07) is 0. The van der Waals surface area contributed by atoms with Gasteiger partial charge in [-0.3, -0.25) is 4.90 Å². The fourth-order valence-corrected chi connectivity index (χ4v) is 2.02. The third kappa shape index (κ3) is 6.14. The van der Waals surface area contributed by atoms with Crippen molar-refractivity contribution in [3.05, 3.63) is 12.2 Å². The molecule has 0 saturated carbocycles. The van der Waals surface area contributed by atoms with Crippen molar-refractivity contribution in [1.29, 1.82) is 0 Å². The summed E-state index contributed by atoms with van der Waals surface area (Å²) in [6.07, 6.45) is 3.48. The largest absolute Gasteiger partial charge is 0.304 e. The van der Waals surface area contributed by atoms with E-state index in [2.05, 4.69) is 16.8 Å². The molecule has 0 aromatic carbocycles. The Hall–Kier alpha value is -0.100.